The highest BCUT2D eigenvalue weighted by Gasteiger charge is 2.28. The fourth-order valence-electron chi connectivity index (χ4n) is 2.68. The first-order chi connectivity index (χ1) is 11.1. The van der Waals surface area contributed by atoms with E-state index in [2.05, 4.69) is 22.0 Å². The molecule has 1 fully saturated rings. The molecule has 2 aromatic heterocycles. The zero-order chi connectivity index (χ0) is 16.4. The maximum absolute atomic E-state index is 11.9. The van der Waals surface area contributed by atoms with Crippen LogP contribution in [-0.4, -0.2) is 58.1 Å². The number of amides is 1. The predicted molar refractivity (Wildman–Crippen MR) is 87.8 cm³/mol. The van der Waals surface area contributed by atoms with E-state index < -0.39 is 6.04 Å². The lowest BCUT2D eigenvalue weighted by Crippen LogP contribution is -2.52. The molecule has 1 amide bonds. The van der Waals surface area contributed by atoms with Crippen LogP contribution in [0.3, 0.4) is 0 Å². The molecule has 0 bridgehead atoms. The zero-order valence-electron chi connectivity index (χ0n) is 13.3. The van der Waals surface area contributed by atoms with Gasteiger partial charge >= 0.3 is 0 Å². The highest BCUT2D eigenvalue weighted by molar-refractivity contribution is 7.13. The van der Waals surface area contributed by atoms with Crippen LogP contribution in [0.15, 0.2) is 22.0 Å². The third-order valence-electron chi connectivity index (χ3n) is 4.10. The minimum absolute atomic E-state index is 0.00933. The van der Waals surface area contributed by atoms with Crippen LogP contribution in [0.25, 0.3) is 10.7 Å². The quantitative estimate of drug-likeness (QED) is 0.907. The van der Waals surface area contributed by atoms with Crippen LogP contribution < -0.4 is 5.73 Å². The number of hydrogen-bond acceptors (Lipinski definition) is 7. The van der Waals surface area contributed by atoms with Crippen LogP contribution in [0.2, 0.25) is 0 Å². The van der Waals surface area contributed by atoms with Crippen molar-refractivity contribution < 1.29 is 9.32 Å². The first-order valence-corrected chi connectivity index (χ1v) is 8.60. The van der Waals surface area contributed by atoms with E-state index in [0.717, 1.165) is 18.0 Å². The van der Waals surface area contributed by atoms with Gasteiger partial charge in [0.2, 0.25) is 17.6 Å². The van der Waals surface area contributed by atoms with Crippen molar-refractivity contribution >= 4 is 17.2 Å². The van der Waals surface area contributed by atoms with Crippen LogP contribution in [0.5, 0.6) is 0 Å². The second kappa shape index (κ2) is 6.77. The smallest absolute Gasteiger partial charge is 0.244 e. The predicted octanol–water partition coefficient (Wildman–Crippen LogP) is 1.35. The summed E-state index contributed by atoms with van der Waals surface area (Å²) in [5, 5.41) is 6.05. The highest BCUT2D eigenvalue weighted by Crippen LogP contribution is 2.25. The number of aromatic nitrogens is 2. The molecule has 0 spiro atoms. The normalized spacial score (nSPS) is 18.8. The van der Waals surface area contributed by atoms with E-state index in [1.54, 1.807) is 18.3 Å². The number of piperazine rings is 1. The van der Waals surface area contributed by atoms with Crippen LogP contribution >= 0.6 is 11.3 Å². The molecule has 2 unspecified atom stereocenters. The Morgan fingerprint density at radius 3 is 2.70 bits per heavy atom. The molecule has 8 heteroatoms. The number of carbonyl (C=O) groups excluding carboxylic acids is 1. The standard InChI is InChI=1S/C15H21N5O2S/c1-10(16)15(21)20-7-5-19(6-8-20)11(2)14-17-13(18-22-14)12-4-3-9-23-12/h3-4,9-11H,5-8,16H2,1-2H3. The summed E-state index contributed by atoms with van der Waals surface area (Å²) in [4.78, 5) is 21.5. The molecular weight excluding hydrogens is 314 g/mol. The molecule has 2 N–H and O–H groups in total. The van der Waals surface area contributed by atoms with Gasteiger partial charge in [-0.05, 0) is 25.3 Å². The Hall–Kier alpha value is -1.77. The fraction of sp³-hybridized carbons (Fsp3) is 0.533. The summed E-state index contributed by atoms with van der Waals surface area (Å²) in [6.45, 7) is 6.68. The summed E-state index contributed by atoms with van der Waals surface area (Å²) in [6.07, 6.45) is 0. The average molecular weight is 335 g/mol. The second-order valence-electron chi connectivity index (χ2n) is 5.76. The van der Waals surface area contributed by atoms with E-state index in [1.807, 2.05) is 22.4 Å². The molecule has 0 radical (unpaired) electrons. The molecule has 3 heterocycles. The number of nitrogens with zero attached hydrogens (tertiary/aromatic N) is 4. The summed E-state index contributed by atoms with van der Waals surface area (Å²) in [7, 11) is 0. The van der Waals surface area contributed by atoms with Crippen LogP contribution in [-0.2, 0) is 4.79 Å². The van der Waals surface area contributed by atoms with Crippen molar-refractivity contribution in [2.24, 2.45) is 5.73 Å². The molecule has 7 nitrogen and oxygen atoms in total. The maximum Gasteiger partial charge on any atom is 0.244 e. The lowest BCUT2D eigenvalue weighted by atomic mass is 10.2. The van der Waals surface area contributed by atoms with E-state index in [-0.39, 0.29) is 11.9 Å². The van der Waals surface area contributed by atoms with Gasteiger partial charge in [0, 0.05) is 26.2 Å². The summed E-state index contributed by atoms with van der Waals surface area (Å²) >= 11 is 1.59. The fourth-order valence-corrected chi connectivity index (χ4v) is 3.33. The van der Waals surface area contributed by atoms with E-state index in [1.165, 1.54) is 0 Å². The molecular formula is C15H21N5O2S. The van der Waals surface area contributed by atoms with Gasteiger partial charge in [0.15, 0.2) is 0 Å². The second-order valence-corrected chi connectivity index (χ2v) is 6.71. The van der Waals surface area contributed by atoms with Crippen molar-refractivity contribution in [3.63, 3.8) is 0 Å². The van der Waals surface area contributed by atoms with Crippen LogP contribution in [0, 0.1) is 0 Å². The molecule has 1 aliphatic rings. The number of nitrogens with two attached hydrogens (primary N) is 1. The topological polar surface area (TPSA) is 88.5 Å². The Morgan fingerprint density at radius 1 is 1.35 bits per heavy atom. The van der Waals surface area contributed by atoms with Gasteiger partial charge in [0.05, 0.1) is 17.0 Å². The number of rotatable bonds is 4. The average Bonchev–Trinajstić information content (AvgIpc) is 3.24. The number of thiophene rings is 1. The largest absolute Gasteiger partial charge is 0.339 e. The van der Waals surface area contributed by atoms with Gasteiger partial charge in [-0.3, -0.25) is 9.69 Å². The Labute approximate surface area is 139 Å². The highest BCUT2D eigenvalue weighted by atomic mass is 32.1. The van der Waals surface area contributed by atoms with Gasteiger partial charge in [-0.1, -0.05) is 11.2 Å². The SMILES string of the molecule is CC(N)C(=O)N1CCN(C(C)c2nc(-c3cccs3)no2)CC1. The number of hydrogen-bond donors (Lipinski definition) is 1. The van der Waals surface area contributed by atoms with Gasteiger partial charge in [-0.2, -0.15) is 4.98 Å². The molecule has 3 rings (SSSR count). The van der Waals surface area contributed by atoms with Crippen molar-refractivity contribution in [2.75, 3.05) is 26.2 Å². The van der Waals surface area contributed by atoms with Crippen molar-refractivity contribution in [1.82, 2.24) is 19.9 Å². The Morgan fingerprint density at radius 2 is 2.09 bits per heavy atom. The summed E-state index contributed by atoms with van der Waals surface area (Å²) < 4.78 is 5.42. The van der Waals surface area contributed by atoms with Gasteiger partial charge < -0.3 is 15.2 Å². The van der Waals surface area contributed by atoms with E-state index in [0.29, 0.717) is 24.8 Å². The Balaban J connectivity index is 1.61. The lowest BCUT2D eigenvalue weighted by Gasteiger charge is -2.37. The van der Waals surface area contributed by atoms with E-state index in [4.69, 9.17) is 10.3 Å². The number of carbonyl (C=O) groups is 1. The summed E-state index contributed by atoms with van der Waals surface area (Å²) in [5.41, 5.74) is 5.66. The van der Waals surface area contributed by atoms with Gasteiger partial charge in [-0.15, -0.1) is 11.3 Å². The van der Waals surface area contributed by atoms with Crippen molar-refractivity contribution in [1.29, 1.82) is 0 Å². The first-order valence-electron chi connectivity index (χ1n) is 7.72. The Bertz CT molecular complexity index is 647. The molecule has 1 aliphatic heterocycles. The van der Waals surface area contributed by atoms with E-state index in [9.17, 15) is 4.79 Å². The Kier molecular flexibility index (Phi) is 4.74. The van der Waals surface area contributed by atoms with Crippen molar-refractivity contribution in [3.05, 3.63) is 23.4 Å². The van der Waals surface area contributed by atoms with Crippen molar-refractivity contribution in [3.8, 4) is 10.7 Å². The third kappa shape index (κ3) is 3.44. The molecule has 0 aliphatic carbocycles. The molecule has 0 saturated carbocycles. The van der Waals surface area contributed by atoms with E-state index >= 15 is 0 Å². The van der Waals surface area contributed by atoms with Gasteiger partial charge in [0.1, 0.15) is 0 Å². The maximum atomic E-state index is 11.9. The zero-order valence-corrected chi connectivity index (χ0v) is 14.1. The van der Waals surface area contributed by atoms with Gasteiger partial charge in [-0.25, -0.2) is 0 Å². The third-order valence-corrected chi connectivity index (χ3v) is 4.97. The molecule has 124 valence electrons. The molecule has 1 saturated heterocycles. The van der Waals surface area contributed by atoms with Crippen LogP contribution in [0.1, 0.15) is 25.8 Å². The minimum atomic E-state index is -0.441. The lowest BCUT2D eigenvalue weighted by molar-refractivity contribution is -0.134. The molecule has 2 atom stereocenters. The summed E-state index contributed by atoms with van der Waals surface area (Å²) in [5.74, 6) is 1.25. The van der Waals surface area contributed by atoms with Crippen LogP contribution in [0.4, 0.5) is 0 Å². The van der Waals surface area contributed by atoms with Crippen molar-refractivity contribution in [2.45, 2.75) is 25.9 Å². The molecule has 2 aromatic rings. The van der Waals surface area contributed by atoms with Gasteiger partial charge in [0.25, 0.3) is 0 Å². The monoisotopic (exact) mass is 335 g/mol. The first kappa shape index (κ1) is 16.1. The minimum Gasteiger partial charge on any atom is -0.339 e. The summed E-state index contributed by atoms with van der Waals surface area (Å²) in [6, 6.07) is 3.53. The molecule has 23 heavy (non-hydrogen) atoms. The molecule has 0 aromatic carbocycles.